The molecule has 2 nitrogen and oxygen atoms in total. The lowest BCUT2D eigenvalue weighted by molar-refractivity contribution is 0.179. The molecule has 0 aliphatic carbocycles. The van der Waals surface area contributed by atoms with Crippen LogP contribution in [-0.4, -0.2) is 9.32 Å². The fraction of sp³-hybridized carbons (Fsp3) is 0.200. The van der Waals surface area contributed by atoms with E-state index < -0.39 is 16.9 Å². The zero-order chi connectivity index (χ0) is 13.8. The van der Waals surface area contributed by atoms with Crippen LogP contribution in [0.15, 0.2) is 57.5 Å². The van der Waals surface area contributed by atoms with Crippen LogP contribution in [-0.2, 0) is 10.8 Å². The van der Waals surface area contributed by atoms with Gasteiger partial charge in [-0.25, -0.2) is 4.21 Å². The van der Waals surface area contributed by atoms with E-state index >= 15 is 0 Å². The minimum Gasteiger partial charge on any atom is -0.388 e. The standard InChI is InChI=1S/C15H16O2S2/c1-3-4-14(16)13-9-10-18-15(13)19(17)12-7-5-11(2)6-8-12/h3,5-10,14,16H,1,4H2,2H3/t14-,19?/m1/s1. The molecule has 0 amide bonds. The van der Waals surface area contributed by atoms with Gasteiger partial charge in [0.2, 0.25) is 0 Å². The van der Waals surface area contributed by atoms with Gasteiger partial charge in [-0.15, -0.1) is 17.9 Å². The van der Waals surface area contributed by atoms with Crippen LogP contribution in [0.1, 0.15) is 23.7 Å². The zero-order valence-corrected chi connectivity index (χ0v) is 12.3. The van der Waals surface area contributed by atoms with E-state index in [0.717, 1.165) is 20.2 Å². The van der Waals surface area contributed by atoms with E-state index in [9.17, 15) is 9.32 Å². The van der Waals surface area contributed by atoms with Gasteiger partial charge in [0.1, 0.15) is 4.21 Å². The van der Waals surface area contributed by atoms with E-state index in [2.05, 4.69) is 6.58 Å². The van der Waals surface area contributed by atoms with Crippen LogP contribution in [0.25, 0.3) is 0 Å². The van der Waals surface area contributed by atoms with Crippen molar-refractivity contribution in [2.24, 2.45) is 0 Å². The smallest absolute Gasteiger partial charge is 0.102 e. The summed E-state index contributed by atoms with van der Waals surface area (Å²) in [7, 11) is -1.24. The Kier molecular flexibility index (Phi) is 4.69. The highest BCUT2D eigenvalue weighted by atomic mass is 32.2. The second kappa shape index (κ2) is 6.28. The summed E-state index contributed by atoms with van der Waals surface area (Å²) in [4.78, 5) is 0.764. The quantitative estimate of drug-likeness (QED) is 0.850. The normalized spacial score (nSPS) is 14.0. The van der Waals surface area contributed by atoms with Crippen molar-refractivity contribution in [1.29, 1.82) is 0 Å². The second-order valence-corrected chi connectivity index (χ2v) is 6.88. The third-order valence-electron chi connectivity index (χ3n) is 2.81. The summed E-state index contributed by atoms with van der Waals surface area (Å²) in [5.74, 6) is 0. The minimum absolute atomic E-state index is 0.467. The van der Waals surface area contributed by atoms with E-state index in [1.54, 1.807) is 6.08 Å². The molecule has 0 saturated carbocycles. The fourth-order valence-corrected chi connectivity index (χ4v) is 4.26. The molecule has 0 spiro atoms. The minimum atomic E-state index is -1.24. The summed E-state index contributed by atoms with van der Waals surface area (Å²) in [5, 5.41) is 11.9. The second-order valence-electron chi connectivity index (χ2n) is 4.29. The molecular weight excluding hydrogens is 276 g/mol. The van der Waals surface area contributed by atoms with Crippen LogP contribution in [0, 0.1) is 6.92 Å². The Labute approximate surface area is 119 Å². The van der Waals surface area contributed by atoms with Gasteiger partial charge in [0.25, 0.3) is 0 Å². The first-order valence-corrected chi connectivity index (χ1v) is 8.01. The van der Waals surface area contributed by atoms with Crippen LogP contribution < -0.4 is 0 Å². The van der Waals surface area contributed by atoms with Gasteiger partial charge in [-0.2, -0.15) is 0 Å². The van der Waals surface area contributed by atoms with Gasteiger partial charge in [-0.3, -0.25) is 0 Å². The SMILES string of the molecule is C=CC[C@@H](O)c1ccsc1S(=O)c1ccc(C)cc1. The molecule has 1 N–H and O–H groups in total. The zero-order valence-electron chi connectivity index (χ0n) is 10.7. The number of thiophene rings is 1. The molecule has 1 aromatic heterocycles. The predicted octanol–water partition coefficient (Wildman–Crippen LogP) is 3.83. The van der Waals surface area contributed by atoms with Crippen LogP contribution in [0.2, 0.25) is 0 Å². The van der Waals surface area contributed by atoms with E-state index in [0.29, 0.717) is 6.42 Å². The van der Waals surface area contributed by atoms with Crippen molar-refractivity contribution in [1.82, 2.24) is 0 Å². The van der Waals surface area contributed by atoms with Gasteiger partial charge in [-0.1, -0.05) is 23.8 Å². The van der Waals surface area contributed by atoms with Gasteiger partial charge in [-0.05, 0) is 36.9 Å². The van der Waals surface area contributed by atoms with Gasteiger partial charge >= 0.3 is 0 Å². The summed E-state index contributed by atoms with van der Waals surface area (Å²) in [5.41, 5.74) is 1.88. The third-order valence-corrected chi connectivity index (χ3v) is 5.55. The van der Waals surface area contributed by atoms with Crippen LogP contribution in [0.4, 0.5) is 0 Å². The Morgan fingerprint density at radius 2 is 2.05 bits per heavy atom. The van der Waals surface area contributed by atoms with Gasteiger partial charge in [0, 0.05) is 10.5 Å². The van der Waals surface area contributed by atoms with Crippen molar-refractivity contribution in [2.75, 3.05) is 0 Å². The maximum atomic E-state index is 12.5. The van der Waals surface area contributed by atoms with Gasteiger partial charge < -0.3 is 5.11 Å². The number of benzene rings is 1. The number of aryl methyl sites for hydroxylation is 1. The van der Waals surface area contributed by atoms with Gasteiger partial charge in [0.05, 0.1) is 16.9 Å². The molecule has 0 aliphatic heterocycles. The average Bonchev–Trinajstić information content (AvgIpc) is 2.88. The lowest BCUT2D eigenvalue weighted by atomic mass is 10.1. The summed E-state index contributed by atoms with van der Waals surface area (Å²) >= 11 is 1.42. The molecule has 0 radical (unpaired) electrons. The molecule has 2 aromatic rings. The number of aliphatic hydroxyl groups excluding tert-OH is 1. The molecular formula is C15H16O2S2. The summed E-state index contributed by atoms with van der Waals surface area (Å²) in [6.45, 7) is 5.62. The number of rotatable bonds is 5. The Morgan fingerprint density at radius 3 is 2.68 bits per heavy atom. The Morgan fingerprint density at radius 1 is 1.37 bits per heavy atom. The van der Waals surface area contributed by atoms with Crippen LogP contribution in [0.5, 0.6) is 0 Å². The lowest BCUT2D eigenvalue weighted by Crippen LogP contribution is -2.00. The highest BCUT2D eigenvalue weighted by molar-refractivity contribution is 7.87. The average molecular weight is 292 g/mol. The molecule has 0 bridgehead atoms. The highest BCUT2D eigenvalue weighted by Gasteiger charge is 2.18. The Balaban J connectivity index is 2.32. The van der Waals surface area contributed by atoms with E-state index in [1.165, 1.54) is 11.3 Å². The molecule has 1 aromatic carbocycles. The van der Waals surface area contributed by atoms with Crippen molar-refractivity contribution in [3.05, 3.63) is 59.5 Å². The van der Waals surface area contributed by atoms with Crippen molar-refractivity contribution < 1.29 is 9.32 Å². The summed E-state index contributed by atoms with van der Waals surface area (Å²) in [6.07, 6.45) is 1.50. The molecule has 19 heavy (non-hydrogen) atoms. The molecule has 0 aliphatic rings. The van der Waals surface area contributed by atoms with Crippen LogP contribution >= 0.6 is 11.3 Å². The van der Waals surface area contributed by atoms with Crippen molar-refractivity contribution in [2.45, 2.75) is 28.6 Å². The number of aliphatic hydroxyl groups is 1. The molecule has 1 unspecified atom stereocenters. The molecule has 0 fully saturated rings. The maximum absolute atomic E-state index is 12.5. The molecule has 0 saturated heterocycles. The van der Waals surface area contributed by atoms with E-state index in [1.807, 2.05) is 42.6 Å². The predicted molar refractivity (Wildman–Crippen MR) is 79.9 cm³/mol. The summed E-state index contributed by atoms with van der Waals surface area (Å²) < 4.78 is 13.3. The van der Waals surface area contributed by atoms with Crippen LogP contribution in [0.3, 0.4) is 0 Å². The first-order valence-electron chi connectivity index (χ1n) is 5.98. The topological polar surface area (TPSA) is 37.3 Å². The molecule has 100 valence electrons. The molecule has 2 rings (SSSR count). The van der Waals surface area contributed by atoms with E-state index in [4.69, 9.17) is 0 Å². The monoisotopic (exact) mass is 292 g/mol. The van der Waals surface area contributed by atoms with E-state index in [-0.39, 0.29) is 0 Å². The molecule has 4 heteroatoms. The Hall–Kier alpha value is -1.23. The lowest BCUT2D eigenvalue weighted by Gasteiger charge is -2.09. The van der Waals surface area contributed by atoms with Crippen molar-refractivity contribution in [3.63, 3.8) is 0 Å². The first-order chi connectivity index (χ1) is 9.13. The molecule has 2 atom stereocenters. The maximum Gasteiger partial charge on any atom is 0.102 e. The fourth-order valence-electron chi connectivity index (χ4n) is 1.76. The van der Waals surface area contributed by atoms with Crippen molar-refractivity contribution >= 4 is 22.1 Å². The highest BCUT2D eigenvalue weighted by Crippen LogP contribution is 2.31. The largest absolute Gasteiger partial charge is 0.388 e. The number of hydrogen-bond donors (Lipinski definition) is 1. The van der Waals surface area contributed by atoms with Crippen molar-refractivity contribution in [3.8, 4) is 0 Å². The first kappa shape index (κ1) is 14.2. The third kappa shape index (κ3) is 3.21. The van der Waals surface area contributed by atoms with Gasteiger partial charge in [0.15, 0.2) is 0 Å². The Bertz CT molecular complexity index is 584. The molecule has 1 heterocycles. The number of hydrogen-bond acceptors (Lipinski definition) is 3. The summed E-state index contributed by atoms with van der Waals surface area (Å²) in [6, 6.07) is 9.46.